The zero-order chi connectivity index (χ0) is 11.0. The molecule has 0 fully saturated rings. The van der Waals surface area contributed by atoms with Crippen LogP contribution in [-0.2, 0) is 0 Å². The van der Waals surface area contributed by atoms with E-state index in [2.05, 4.69) is 5.32 Å². The fraction of sp³-hybridized carbons (Fsp3) is 0.200. The Labute approximate surface area is 86.0 Å². The predicted octanol–water partition coefficient (Wildman–Crippen LogP) is 0.587. The summed E-state index contributed by atoms with van der Waals surface area (Å²) < 4.78 is 10.0. The molecule has 0 aliphatic carbocycles. The first kappa shape index (κ1) is 9.51. The fourth-order valence-corrected chi connectivity index (χ4v) is 1.58. The summed E-state index contributed by atoms with van der Waals surface area (Å²) in [6.07, 6.45) is 0. The molecule has 0 saturated carbocycles. The summed E-state index contributed by atoms with van der Waals surface area (Å²) in [5.74, 6) is -0.167. The van der Waals surface area contributed by atoms with E-state index in [1.165, 1.54) is 14.2 Å². The van der Waals surface area contributed by atoms with Crippen molar-refractivity contribution in [3.8, 4) is 11.5 Å². The Balaban J connectivity index is 2.72. The Bertz CT molecular complexity index is 412. The van der Waals surface area contributed by atoms with Crippen molar-refractivity contribution >= 4 is 11.8 Å². The van der Waals surface area contributed by atoms with Crippen molar-refractivity contribution in [2.75, 3.05) is 14.2 Å². The van der Waals surface area contributed by atoms with E-state index in [1.54, 1.807) is 12.1 Å². The molecule has 1 N–H and O–H groups in total. The minimum absolute atomic E-state index is 0.238. The lowest BCUT2D eigenvalue weighted by atomic mass is 10.1. The number of methoxy groups -OCH3 is 2. The molecule has 5 nitrogen and oxygen atoms in total. The number of hydrogen-bond donors (Lipinski definition) is 1. The predicted molar refractivity (Wildman–Crippen MR) is 51.3 cm³/mol. The van der Waals surface area contributed by atoms with Crippen molar-refractivity contribution in [1.82, 2.24) is 5.32 Å². The molecule has 15 heavy (non-hydrogen) atoms. The van der Waals surface area contributed by atoms with Crippen molar-refractivity contribution in [2.24, 2.45) is 0 Å². The summed E-state index contributed by atoms with van der Waals surface area (Å²) in [6.45, 7) is 0. The number of nitrogens with one attached hydrogen (secondary N) is 1. The maximum atomic E-state index is 11.5. The fourth-order valence-electron chi connectivity index (χ4n) is 1.58. The Hall–Kier alpha value is -2.04. The van der Waals surface area contributed by atoms with Gasteiger partial charge in [-0.3, -0.25) is 14.9 Å². The lowest BCUT2D eigenvalue weighted by Gasteiger charge is -2.07. The molecule has 1 aromatic carbocycles. The number of hydrogen-bond acceptors (Lipinski definition) is 4. The molecule has 1 aliphatic heterocycles. The second-order valence-electron chi connectivity index (χ2n) is 3.00. The molecule has 2 rings (SSSR count). The standard InChI is InChI=1S/C10H9NO4/c1-14-5-3-4-6(15-2)8-7(5)9(12)11-10(8)13/h3-4H,1-2H3,(H,11,12,13). The van der Waals surface area contributed by atoms with Crippen LogP contribution < -0.4 is 14.8 Å². The van der Waals surface area contributed by atoms with Gasteiger partial charge in [-0.15, -0.1) is 0 Å². The van der Waals surface area contributed by atoms with Gasteiger partial charge in [0.05, 0.1) is 25.3 Å². The number of rotatable bonds is 2. The first-order valence-electron chi connectivity index (χ1n) is 4.29. The molecule has 78 valence electrons. The minimum atomic E-state index is -0.453. The van der Waals surface area contributed by atoms with E-state index in [0.717, 1.165) is 0 Å². The number of imide groups is 1. The van der Waals surface area contributed by atoms with Crippen LogP contribution in [0.1, 0.15) is 20.7 Å². The molecule has 0 bridgehead atoms. The van der Waals surface area contributed by atoms with E-state index >= 15 is 0 Å². The molecule has 1 heterocycles. The van der Waals surface area contributed by atoms with Gasteiger partial charge in [0, 0.05) is 0 Å². The summed E-state index contributed by atoms with van der Waals surface area (Å²) in [6, 6.07) is 3.19. The van der Waals surface area contributed by atoms with E-state index in [1.807, 2.05) is 0 Å². The first-order chi connectivity index (χ1) is 7.19. The Morgan fingerprint density at radius 1 is 0.933 bits per heavy atom. The highest BCUT2D eigenvalue weighted by atomic mass is 16.5. The van der Waals surface area contributed by atoms with Gasteiger partial charge in [-0.1, -0.05) is 0 Å². The van der Waals surface area contributed by atoms with E-state index in [0.29, 0.717) is 11.5 Å². The van der Waals surface area contributed by atoms with Crippen molar-refractivity contribution in [2.45, 2.75) is 0 Å². The summed E-state index contributed by atoms with van der Waals surface area (Å²) in [7, 11) is 2.89. The van der Waals surface area contributed by atoms with Crippen LogP contribution in [0.15, 0.2) is 12.1 Å². The smallest absolute Gasteiger partial charge is 0.262 e. The summed E-state index contributed by atoms with van der Waals surface area (Å²) >= 11 is 0. The normalized spacial score (nSPS) is 13.5. The number of fused-ring (bicyclic) bond motifs is 1. The molecule has 0 spiro atoms. The highest BCUT2D eigenvalue weighted by Crippen LogP contribution is 2.33. The highest BCUT2D eigenvalue weighted by Gasteiger charge is 2.33. The van der Waals surface area contributed by atoms with Crippen LogP contribution >= 0.6 is 0 Å². The van der Waals surface area contributed by atoms with Gasteiger partial charge in [-0.05, 0) is 12.1 Å². The van der Waals surface area contributed by atoms with E-state index < -0.39 is 11.8 Å². The lowest BCUT2D eigenvalue weighted by Crippen LogP contribution is -2.20. The van der Waals surface area contributed by atoms with Gasteiger partial charge in [0.1, 0.15) is 11.5 Å². The average molecular weight is 207 g/mol. The zero-order valence-corrected chi connectivity index (χ0v) is 8.29. The zero-order valence-electron chi connectivity index (χ0n) is 8.29. The molecular weight excluding hydrogens is 198 g/mol. The second kappa shape index (κ2) is 3.27. The summed E-state index contributed by atoms with van der Waals surface area (Å²) in [5.41, 5.74) is 0.476. The topological polar surface area (TPSA) is 64.6 Å². The summed E-state index contributed by atoms with van der Waals surface area (Å²) in [4.78, 5) is 22.9. The van der Waals surface area contributed by atoms with Gasteiger partial charge in [-0.25, -0.2) is 0 Å². The van der Waals surface area contributed by atoms with Crippen LogP contribution in [0.4, 0.5) is 0 Å². The third-order valence-electron chi connectivity index (χ3n) is 2.25. The van der Waals surface area contributed by atoms with Gasteiger partial charge < -0.3 is 9.47 Å². The van der Waals surface area contributed by atoms with Crippen LogP contribution in [0.5, 0.6) is 11.5 Å². The van der Waals surface area contributed by atoms with Gasteiger partial charge in [0.15, 0.2) is 0 Å². The van der Waals surface area contributed by atoms with Gasteiger partial charge in [0.2, 0.25) is 0 Å². The molecule has 5 heteroatoms. The van der Waals surface area contributed by atoms with Crippen molar-refractivity contribution in [3.05, 3.63) is 23.3 Å². The molecule has 0 atom stereocenters. The molecule has 0 saturated heterocycles. The molecule has 2 amide bonds. The molecule has 0 aromatic heterocycles. The largest absolute Gasteiger partial charge is 0.496 e. The van der Waals surface area contributed by atoms with Gasteiger partial charge in [0.25, 0.3) is 11.8 Å². The number of amides is 2. The molecular formula is C10H9NO4. The van der Waals surface area contributed by atoms with E-state index in [-0.39, 0.29) is 11.1 Å². The molecule has 0 radical (unpaired) electrons. The Kier molecular flexibility index (Phi) is 2.07. The van der Waals surface area contributed by atoms with Crippen molar-refractivity contribution in [1.29, 1.82) is 0 Å². The minimum Gasteiger partial charge on any atom is -0.496 e. The second-order valence-corrected chi connectivity index (χ2v) is 3.00. The number of carbonyl (C=O) groups excluding carboxylic acids is 2. The lowest BCUT2D eigenvalue weighted by molar-refractivity contribution is 0.0878. The van der Waals surface area contributed by atoms with Crippen molar-refractivity contribution < 1.29 is 19.1 Å². The van der Waals surface area contributed by atoms with Crippen LogP contribution in [0.2, 0.25) is 0 Å². The molecule has 1 aromatic rings. The number of benzene rings is 1. The monoisotopic (exact) mass is 207 g/mol. The third kappa shape index (κ3) is 1.24. The highest BCUT2D eigenvalue weighted by molar-refractivity contribution is 6.24. The van der Waals surface area contributed by atoms with E-state index in [9.17, 15) is 9.59 Å². The quantitative estimate of drug-likeness (QED) is 0.721. The molecule has 1 aliphatic rings. The SMILES string of the molecule is COc1ccc(OC)c2c1C(=O)NC2=O. The van der Waals surface area contributed by atoms with E-state index in [4.69, 9.17) is 9.47 Å². The molecule has 0 unspecified atom stereocenters. The first-order valence-corrected chi connectivity index (χ1v) is 4.29. The average Bonchev–Trinajstić information content (AvgIpc) is 2.54. The Morgan fingerprint density at radius 2 is 1.33 bits per heavy atom. The van der Waals surface area contributed by atoms with Crippen molar-refractivity contribution in [3.63, 3.8) is 0 Å². The van der Waals surface area contributed by atoms with Crippen LogP contribution in [0, 0.1) is 0 Å². The number of ether oxygens (including phenoxy) is 2. The van der Waals surface area contributed by atoms with Crippen LogP contribution in [-0.4, -0.2) is 26.0 Å². The van der Waals surface area contributed by atoms with Crippen LogP contribution in [0.25, 0.3) is 0 Å². The third-order valence-corrected chi connectivity index (χ3v) is 2.25. The summed E-state index contributed by atoms with van der Waals surface area (Å²) in [5, 5.41) is 2.19. The van der Waals surface area contributed by atoms with Gasteiger partial charge >= 0.3 is 0 Å². The Morgan fingerprint density at radius 3 is 1.67 bits per heavy atom. The maximum Gasteiger partial charge on any atom is 0.262 e. The number of carbonyl (C=O) groups is 2. The van der Waals surface area contributed by atoms with Crippen LogP contribution in [0.3, 0.4) is 0 Å². The maximum absolute atomic E-state index is 11.5. The van der Waals surface area contributed by atoms with Gasteiger partial charge in [-0.2, -0.15) is 0 Å².